The highest BCUT2D eigenvalue weighted by Gasteiger charge is 2.35. The van der Waals surface area contributed by atoms with E-state index in [1.807, 2.05) is 42.5 Å². The van der Waals surface area contributed by atoms with Crippen LogP contribution in [-0.2, 0) is 6.61 Å². The molecule has 1 aliphatic rings. The highest BCUT2D eigenvalue weighted by Crippen LogP contribution is 2.38. The normalized spacial score (nSPS) is 20.8. The zero-order valence-corrected chi connectivity index (χ0v) is 16.1. The average Bonchev–Trinajstić information content (AvgIpc) is 2.96. The second-order valence-electron chi connectivity index (χ2n) is 6.16. The van der Waals surface area contributed by atoms with Gasteiger partial charge in [-0.15, -0.1) is 0 Å². The number of aliphatic hydroxyl groups excluding tert-OH is 2. The van der Waals surface area contributed by atoms with E-state index in [1.54, 1.807) is 0 Å². The van der Waals surface area contributed by atoms with Crippen LogP contribution >= 0.6 is 27.5 Å². The van der Waals surface area contributed by atoms with Crippen LogP contribution in [0.5, 0.6) is 5.75 Å². The molecule has 134 valence electrons. The van der Waals surface area contributed by atoms with Gasteiger partial charge in [-0.3, -0.25) is 4.90 Å². The summed E-state index contributed by atoms with van der Waals surface area (Å²) >= 11 is 9.43. The summed E-state index contributed by atoms with van der Waals surface area (Å²) in [5.74, 6) is 0.743. The van der Waals surface area contributed by atoms with E-state index in [0.29, 0.717) is 24.6 Å². The predicted octanol–water partition coefficient (Wildman–Crippen LogP) is 3.78. The van der Waals surface area contributed by atoms with E-state index in [-0.39, 0.29) is 12.6 Å². The summed E-state index contributed by atoms with van der Waals surface area (Å²) in [4.78, 5) is 2.10. The lowest BCUT2D eigenvalue weighted by atomic mass is 10.0. The van der Waals surface area contributed by atoms with Gasteiger partial charge in [0.05, 0.1) is 18.8 Å². The average molecular weight is 427 g/mol. The Labute approximate surface area is 161 Å². The van der Waals surface area contributed by atoms with Crippen molar-refractivity contribution in [1.29, 1.82) is 0 Å². The molecular weight excluding hydrogens is 406 g/mol. The summed E-state index contributed by atoms with van der Waals surface area (Å²) in [5.41, 5.74) is 1.96. The Hall–Kier alpha value is -1.11. The summed E-state index contributed by atoms with van der Waals surface area (Å²) in [6.07, 6.45) is 0.215. The minimum absolute atomic E-state index is 0.0676. The van der Waals surface area contributed by atoms with Crippen molar-refractivity contribution < 1.29 is 14.9 Å². The Kier molecular flexibility index (Phi) is 6.36. The van der Waals surface area contributed by atoms with E-state index in [1.165, 1.54) is 0 Å². The van der Waals surface area contributed by atoms with Gasteiger partial charge >= 0.3 is 0 Å². The van der Waals surface area contributed by atoms with Crippen molar-refractivity contribution in [2.45, 2.75) is 25.2 Å². The summed E-state index contributed by atoms with van der Waals surface area (Å²) in [6.45, 7) is 1.78. The van der Waals surface area contributed by atoms with Gasteiger partial charge in [0.15, 0.2) is 0 Å². The molecule has 0 aromatic heterocycles. The molecule has 25 heavy (non-hydrogen) atoms. The van der Waals surface area contributed by atoms with E-state index in [0.717, 1.165) is 27.9 Å². The van der Waals surface area contributed by atoms with Crippen LogP contribution in [0.15, 0.2) is 46.9 Å². The van der Waals surface area contributed by atoms with Gasteiger partial charge < -0.3 is 14.9 Å². The minimum Gasteiger partial charge on any atom is -0.489 e. The third-order valence-electron chi connectivity index (χ3n) is 4.46. The number of rotatable bonds is 6. The van der Waals surface area contributed by atoms with E-state index in [4.69, 9.17) is 16.3 Å². The van der Waals surface area contributed by atoms with Gasteiger partial charge in [0.25, 0.3) is 0 Å². The van der Waals surface area contributed by atoms with Gasteiger partial charge in [0.2, 0.25) is 0 Å². The topological polar surface area (TPSA) is 52.9 Å². The van der Waals surface area contributed by atoms with Crippen molar-refractivity contribution >= 4 is 27.5 Å². The van der Waals surface area contributed by atoms with Gasteiger partial charge in [-0.2, -0.15) is 0 Å². The molecule has 0 aliphatic carbocycles. The Morgan fingerprint density at radius 3 is 2.68 bits per heavy atom. The number of hydrogen-bond acceptors (Lipinski definition) is 4. The first kappa shape index (κ1) is 18.7. The molecule has 3 rings (SSSR count). The van der Waals surface area contributed by atoms with Crippen molar-refractivity contribution in [3.63, 3.8) is 0 Å². The smallest absolute Gasteiger partial charge is 0.124 e. The molecule has 1 fully saturated rings. The number of nitrogens with zero attached hydrogens (tertiary/aromatic N) is 1. The maximum absolute atomic E-state index is 10.5. The molecule has 4 nitrogen and oxygen atoms in total. The second-order valence-corrected chi connectivity index (χ2v) is 7.51. The van der Waals surface area contributed by atoms with E-state index in [2.05, 4.69) is 20.8 Å². The van der Waals surface area contributed by atoms with E-state index < -0.39 is 6.10 Å². The first-order valence-corrected chi connectivity index (χ1v) is 9.45. The third kappa shape index (κ3) is 4.54. The van der Waals surface area contributed by atoms with Crippen molar-refractivity contribution in [2.75, 3.05) is 19.7 Å². The molecule has 0 radical (unpaired) electrons. The number of aliphatic hydroxyl groups is 2. The number of β-amino-alcohol motifs (C(OH)–C–C–N with tert-alkyl or cyclic N) is 1. The molecule has 0 bridgehead atoms. The Balaban J connectivity index is 1.83. The number of likely N-dealkylation sites (tertiary alicyclic amines) is 1. The second kappa shape index (κ2) is 8.52. The van der Waals surface area contributed by atoms with Gasteiger partial charge in [0, 0.05) is 28.1 Å². The molecule has 2 aromatic carbocycles. The molecule has 2 N–H and O–H groups in total. The summed E-state index contributed by atoms with van der Waals surface area (Å²) in [5, 5.41) is 20.5. The SMILES string of the molecule is OCCN1CC[C@@H](O)C1c1cc(Br)ccc1OCc1ccc(Cl)cc1. The van der Waals surface area contributed by atoms with Crippen LogP contribution < -0.4 is 4.74 Å². The Morgan fingerprint density at radius 1 is 1.20 bits per heavy atom. The zero-order chi connectivity index (χ0) is 17.8. The highest BCUT2D eigenvalue weighted by atomic mass is 79.9. The summed E-state index contributed by atoms with van der Waals surface area (Å²) in [7, 11) is 0. The summed E-state index contributed by atoms with van der Waals surface area (Å²) in [6, 6.07) is 13.2. The Morgan fingerprint density at radius 2 is 1.96 bits per heavy atom. The molecular formula is C19H21BrClNO3. The fourth-order valence-electron chi connectivity index (χ4n) is 3.25. The monoisotopic (exact) mass is 425 g/mol. The summed E-state index contributed by atoms with van der Waals surface area (Å²) < 4.78 is 6.98. The zero-order valence-electron chi connectivity index (χ0n) is 13.7. The number of benzene rings is 2. The lowest BCUT2D eigenvalue weighted by molar-refractivity contribution is 0.102. The van der Waals surface area contributed by atoms with Crippen LogP contribution in [0.1, 0.15) is 23.6 Å². The van der Waals surface area contributed by atoms with Gasteiger partial charge in [-0.1, -0.05) is 39.7 Å². The number of halogens is 2. The van der Waals surface area contributed by atoms with Crippen LogP contribution in [0, 0.1) is 0 Å². The van der Waals surface area contributed by atoms with Crippen molar-refractivity contribution in [2.24, 2.45) is 0 Å². The van der Waals surface area contributed by atoms with E-state index >= 15 is 0 Å². The lowest BCUT2D eigenvalue weighted by Gasteiger charge is -2.27. The largest absolute Gasteiger partial charge is 0.489 e. The van der Waals surface area contributed by atoms with E-state index in [9.17, 15) is 10.2 Å². The molecule has 2 atom stereocenters. The molecule has 6 heteroatoms. The van der Waals surface area contributed by atoms with Gasteiger partial charge in [-0.05, 0) is 42.3 Å². The standard InChI is InChI=1S/C19H21BrClNO3/c20-14-3-6-18(25-12-13-1-4-15(21)5-2-13)16(11-14)19-17(24)7-8-22(19)9-10-23/h1-6,11,17,19,23-24H,7-10,12H2/t17-,19?/m1/s1. The molecule has 2 aromatic rings. The van der Waals surface area contributed by atoms with Crippen LogP contribution in [0.3, 0.4) is 0 Å². The molecule has 0 spiro atoms. The first-order valence-electron chi connectivity index (χ1n) is 8.28. The molecule has 1 saturated heterocycles. The van der Waals surface area contributed by atoms with Crippen LogP contribution in [0.4, 0.5) is 0 Å². The Bertz CT molecular complexity index is 708. The third-order valence-corrected chi connectivity index (χ3v) is 5.20. The lowest BCUT2D eigenvalue weighted by Crippen LogP contribution is -2.30. The fraction of sp³-hybridized carbons (Fsp3) is 0.368. The quantitative estimate of drug-likeness (QED) is 0.738. The molecule has 1 unspecified atom stereocenters. The van der Waals surface area contributed by atoms with Crippen LogP contribution in [0.25, 0.3) is 0 Å². The van der Waals surface area contributed by atoms with Crippen molar-refractivity contribution in [3.05, 3.63) is 63.1 Å². The number of ether oxygens (including phenoxy) is 1. The minimum atomic E-state index is -0.473. The van der Waals surface area contributed by atoms with Gasteiger partial charge in [-0.25, -0.2) is 0 Å². The maximum Gasteiger partial charge on any atom is 0.124 e. The first-order chi connectivity index (χ1) is 12.1. The molecule has 1 heterocycles. The molecule has 1 aliphatic heterocycles. The fourth-order valence-corrected chi connectivity index (χ4v) is 3.75. The number of hydrogen-bond donors (Lipinski definition) is 2. The van der Waals surface area contributed by atoms with Crippen LogP contribution in [0.2, 0.25) is 5.02 Å². The molecule has 0 saturated carbocycles. The van der Waals surface area contributed by atoms with Crippen LogP contribution in [-0.4, -0.2) is 40.9 Å². The predicted molar refractivity (Wildman–Crippen MR) is 102 cm³/mol. The van der Waals surface area contributed by atoms with Crippen molar-refractivity contribution in [1.82, 2.24) is 4.90 Å². The van der Waals surface area contributed by atoms with Gasteiger partial charge in [0.1, 0.15) is 12.4 Å². The highest BCUT2D eigenvalue weighted by molar-refractivity contribution is 9.10. The van der Waals surface area contributed by atoms with Crippen molar-refractivity contribution in [3.8, 4) is 5.75 Å². The maximum atomic E-state index is 10.5. The molecule has 0 amide bonds.